The number of anilines is 1. The van der Waals surface area contributed by atoms with Crippen LogP contribution in [-0.4, -0.2) is 18.8 Å². The van der Waals surface area contributed by atoms with Crippen LogP contribution in [0.1, 0.15) is 47.5 Å². The number of allylic oxidation sites excluding steroid dienone is 9. The first kappa shape index (κ1) is 24.1. The molecule has 0 saturated carbocycles. The molecule has 1 aliphatic carbocycles. The summed E-state index contributed by atoms with van der Waals surface area (Å²) in [4.78, 5) is 24.2. The van der Waals surface area contributed by atoms with Gasteiger partial charge in [-0.15, -0.1) is 0 Å². The number of amides is 1. The maximum absolute atomic E-state index is 12.2. The molecule has 0 aliphatic heterocycles. The van der Waals surface area contributed by atoms with Crippen LogP contribution in [0.15, 0.2) is 83.0 Å². The van der Waals surface area contributed by atoms with E-state index in [1.54, 1.807) is 37.5 Å². The molecular formula is C27H33NO3. The Kier molecular flexibility index (Phi) is 8.38. The van der Waals surface area contributed by atoms with E-state index in [1.807, 2.05) is 45.1 Å². The fraction of sp³-hybridized carbons (Fsp3) is 0.333. The first-order valence-corrected chi connectivity index (χ1v) is 10.5. The minimum atomic E-state index is -0.181. The van der Waals surface area contributed by atoms with Crippen molar-refractivity contribution >= 4 is 17.4 Å². The number of benzene rings is 1. The molecule has 1 aliphatic rings. The number of rotatable bonds is 7. The number of hydrogen-bond acceptors (Lipinski definition) is 3. The highest BCUT2D eigenvalue weighted by Gasteiger charge is 2.30. The Labute approximate surface area is 186 Å². The standard InChI is InChI=1S/C27H33NO3/c1-19(10-15-24-21(3)25(29)16-17-27(24,4)5)8-7-9-20(2)18-26(30)28-22-11-13-23(31-6)14-12-22/h7-15,18H,16-17H2,1-6H3,(H,28,30). The molecule has 164 valence electrons. The summed E-state index contributed by atoms with van der Waals surface area (Å²) >= 11 is 0. The third-order valence-corrected chi connectivity index (χ3v) is 5.48. The van der Waals surface area contributed by atoms with Crippen LogP contribution >= 0.6 is 0 Å². The fourth-order valence-electron chi connectivity index (χ4n) is 3.49. The zero-order chi connectivity index (χ0) is 23.0. The highest BCUT2D eigenvalue weighted by atomic mass is 16.5. The van der Waals surface area contributed by atoms with Gasteiger partial charge in [0.1, 0.15) is 5.75 Å². The second-order valence-electron chi connectivity index (χ2n) is 8.55. The summed E-state index contributed by atoms with van der Waals surface area (Å²) in [5, 5.41) is 2.83. The molecule has 0 fully saturated rings. The Balaban J connectivity index is 1.98. The lowest BCUT2D eigenvalue weighted by atomic mass is 9.72. The van der Waals surface area contributed by atoms with Crippen molar-refractivity contribution in [1.82, 2.24) is 0 Å². The quantitative estimate of drug-likeness (QED) is 0.414. The van der Waals surface area contributed by atoms with Crippen LogP contribution in [0.4, 0.5) is 5.69 Å². The van der Waals surface area contributed by atoms with E-state index in [1.165, 1.54) is 0 Å². The maximum atomic E-state index is 12.2. The first-order valence-electron chi connectivity index (χ1n) is 10.5. The monoisotopic (exact) mass is 419 g/mol. The predicted octanol–water partition coefficient (Wildman–Crippen LogP) is 6.34. The fourth-order valence-corrected chi connectivity index (χ4v) is 3.49. The Morgan fingerprint density at radius 3 is 2.42 bits per heavy atom. The van der Waals surface area contributed by atoms with Crippen molar-refractivity contribution in [2.45, 2.75) is 47.5 Å². The van der Waals surface area contributed by atoms with E-state index in [-0.39, 0.29) is 17.1 Å². The maximum Gasteiger partial charge on any atom is 0.248 e. The number of ether oxygens (including phenoxy) is 1. The Hall–Kier alpha value is -3.14. The van der Waals surface area contributed by atoms with Crippen LogP contribution in [-0.2, 0) is 9.59 Å². The van der Waals surface area contributed by atoms with Gasteiger partial charge in [0.25, 0.3) is 0 Å². The molecule has 4 nitrogen and oxygen atoms in total. The van der Waals surface area contributed by atoms with Crippen molar-refractivity contribution < 1.29 is 14.3 Å². The number of methoxy groups -OCH3 is 1. The van der Waals surface area contributed by atoms with Crippen LogP contribution in [0.5, 0.6) is 5.75 Å². The smallest absolute Gasteiger partial charge is 0.248 e. The summed E-state index contributed by atoms with van der Waals surface area (Å²) in [5.74, 6) is 0.808. The molecule has 0 atom stereocenters. The zero-order valence-corrected chi connectivity index (χ0v) is 19.4. The highest BCUT2D eigenvalue weighted by molar-refractivity contribution is 6.00. The van der Waals surface area contributed by atoms with Gasteiger partial charge in [0, 0.05) is 18.2 Å². The van der Waals surface area contributed by atoms with E-state index in [4.69, 9.17) is 4.74 Å². The van der Waals surface area contributed by atoms with Gasteiger partial charge < -0.3 is 10.1 Å². The largest absolute Gasteiger partial charge is 0.497 e. The van der Waals surface area contributed by atoms with E-state index in [0.29, 0.717) is 12.1 Å². The summed E-state index contributed by atoms with van der Waals surface area (Å²) < 4.78 is 5.11. The van der Waals surface area contributed by atoms with Crippen LogP contribution in [0, 0.1) is 5.41 Å². The number of hydrogen-bond donors (Lipinski definition) is 1. The highest BCUT2D eigenvalue weighted by Crippen LogP contribution is 2.39. The van der Waals surface area contributed by atoms with Crippen molar-refractivity contribution in [2.24, 2.45) is 5.41 Å². The Morgan fingerprint density at radius 1 is 1.10 bits per heavy atom. The van der Waals surface area contributed by atoms with Crippen molar-refractivity contribution in [2.75, 3.05) is 12.4 Å². The molecule has 1 aromatic rings. The number of ketones is 1. The lowest BCUT2D eigenvalue weighted by Gasteiger charge is -2.32. The van der Waals surface area contributed by atoms with E-state index in [0.717, 1.165) is 34.5 Å². The number of carbonyl (C=O) groups excluding carboxylic acids is 2. The van der Waals surface area contributed by atoms with Crippen molar-refractivity contribution in [3.8, 4) is 5.75 Å². The number of nitrogens with one attached hydrogen (secondary N) is 1. The van der Waals surface area contributed by atoms with Gasteiger partial charge in [-0.1, -0.05) is 49.8 Å². The minimum Gasteiger partial charge on any atom is -0.497 e. The molecule has 1 amide bonds. The minimum absolute atomic E-state index is 0.0151. The summed E-state index contributed by atoms with van der Waals surface area (Å²) in [5.41, 5.74) is 4.64. The summed E-state index contributed by atoms with van der Waals surface area (Å²) in [6.07, 6.45) is 13.0. The van der Waals surface area contributed by atoms with E-state index in [2.05, 4.69) is 25.2 Å². The molecular weight excluding hydrogens is 386 g/mol. The van der Waals surface area contributed by atoms with Gasteiger partial charge in [0.15, 0.2) is 5.78 Å². The molecule has 31 heavy (non-hydrogen) atoms. The molecule has 2 rings (SSSR count). The molecule has 1 N–H and O–H groups in total. The van der Waals surface area contributed by atoms with Gasteiger partial charge in [-0.3, -0.25) is 9.59 Å². The molecule has 1 aromatic carbocycles. The topological polar surface area (TPSA) is 55.4 Å². The molecule has 4 heteroatoms. The zero-order valence-electron chi connectivity index (χ0n) is 19.4. The number of Topliss-reactive ketones (excluding diaryl/α,β-unsaturated/α-hetero) is 1. The van der Waals surface area contributed by atoms with Crippen LogP contribution in [0.25, 0.3) is 0 Å². The van der Waals surface area contributed by atoms with Crippen molar-refractivity contribution in [3.63, 3.8) is 0 Å². The van der Waals surface area contributed by atoms with Gasteiger partial charge in [-0.2, -0.15) is 0 Å². The van der Waals surface area contributed by atoms with E-state index < -0.39 is 0 Å². The summed E-state index contributed by atoms with van der Waals surface area (Å²) in [6.45, 7) is 10.2. The van der Waals surface area contributed by atoms with Crippen molar-refractivity contribution in [1.29, 1.82) is 0 Å². The molecule has 0 saturated heterocycles. The number of carbonyl (C=O) groups is 2. The van der Waals surface area contributed by atoms with Crippen LogP contribution in [0.2, 0.25) is 0 Å². The van der Waals surface area contributed by atoms with Gasteiger partial charge in [-0.25, -0.2) is 0 Å². The third kappa shape index (κ3) is 7.25. The molecule has 0 bridgehead atoms. The lowest BCUT2D eigenvalue weighted by Crippen LogP contribution is -2.24. The third-order valence-electron chi connectivity index (χ3n) is 5.48. The second kappa shape index (κ2) is 10.8. The van der Waals surface area contributed by atoms with Crippen LogP contribution in [0.3, 0.4) is 0 Å². The average molecular weight is 420 g/mol. The molecule has 0 radical (unpaired) electrons. The Bertz CT molecular complexity index is 970. The van der Waals surface area contributed by atoms with E-state index in [9.17, 15) is 9.59 Å². The van der Waals surface area contributed by atoms with Crippen molar-refractivity contribution in [3.05, 3.63) is 83.0 Å². The molecule has 0 unspecified atom stereocenters. The summed E-state index contributed by atoms with van der Waals surface area (Å²) in [6, 6.07) is 7.20. The molecule has 0 spiro atoms. The molecule has 0 aromatic heterocycles. The van der Waals surface area contributed by atoms with E-state index >= 15 is 0 Å². The SMILES string of the molecule is COc1ccc(NC(=O)C=C(C)C=CC=C(C)C=CC2=C(C)C(=O)CCC2(C)C)cc1. The van der Waals surface area contributed by atoms with Crippen LogP contribution < -0.4 is 10.1 Å². The lowest BCUT2D eigenvalue weighted by molar-refractivity contribution is -0.116. The summed E-state index contributed by atoms with van der Waals surface area (Å²) in [7, 11) is 1.61. The predicted molar refractivity (Wildman–Crippen MR) is 128 cm³/mol. The second-order valence-corrected chi connectivity index (χ2v) is 8.55. The van der Waals surface area contributed by atoms with Gasteiger partial charge in [0.2, 0.25) is 5.91 Å². The van der Waals surface area contributed by atoms with Gasteiger partial charge >= 0.3 is 0 Å². The normalized spacial score (nSPS) is 17.5. The molecule has 0 heterocycles. The Morgan fingerprint density at radius 2 is 1.77 bits per heavy atom. The first-order chi connectivity index (χ1) is 14.6. The van der Waals surface area contributed by atoms with Gasteiger partial charge in [0.05, 0.1) is 7.11 Å². The van der Waals surface area contributed by atoms with Gasteiger partial charge in [-0.05, 0) is 73.6 Å². The average Bonchev–Trinajstić information content (AvgIpc) is 2.71.